The highest BCUT2D eigenvalue weighted by Gasteiger charge is 2.31. The lowest BCUT2D eigenvalue weighted by atomic mass is 9.77. The summed E-state index contributed by atoms with van der Waals surface area (Å²) in [5, 5.41) is 0. The number of benzene rings is 1. The van der Waals surface area contributed by atoms with Crippen LogP contribution in [0.5, 0.6) is 5.75 Å². The van der Waals surface area contributed by atoms with Crippen LogP contribution in [0.25, 0.3) is 0 Å². The second kappa shape index (κ2) is 11.6. The molecule has 5 heteroatoms. The predicted octanol–water partition coefficient (Wildman–Crippen LogP) is 8.47. The number of ether oxygens (including phenoxy) is 1. The van der Waals surface area contributed by atoms with Crippen molar-refractivity contribution in [3.05, 3.63) is 29.8 Å². The summed E-state index contributed by atoms with van der Waals surface area (Å²) in [6.07, 6.45) is 10.3. The Balaban J connectivity index is 1.29. The molecule has 1 aromatic rings. The van der Waals surface area contributed by atoms with Gasteiger partial charge in [-0.1, -0.05) is 82.1 Å². The number of unbranched alkanes of at least 4 members (excludes halogenated alkanes) is 1. The highest BCUT2D eigenvalue weighted by atomic mass is 28.3. The van der Waals surface area contributed by atoms with Crippen LogP contribution in [0.15, 0.2) is 24.3 Å². The lowest BCUT2D eigenvalue weighted by Crippen LogP contribution is -2.21. The Morgan fingerprint density at radius 2 is 1.43 bits per heavy atom. The van der Waals surface area contributed by atoms with Crippen LogP contribution < -0.4 is 4.74 Å². The van der Waals surface area contributed by atoms with Crippen molar-refractivity contribution in [2.75, 3.05) is 0 Å². The van der Waals surface area contributed by atoms with Gasteiger partial charge in [-0.2, -0.15) is 0 Å². The van der Waals surface area contributed by atoms with Crippen LogP contribution >= 0.6 is 0 Å². The van der Waals surface area contributed by atoms with Crippen molar-refractivity contribution >= 4 is 8.80 Å². The monoisotopic (exact) mass is 440 g/mol. The molecule has 0 unspecified atom stereocenters. The molecule has 1 heterocycles. The van der Waals surface area contributed by atoms with Gasteiger partial charge in [-0.25, -0.2) is 0 Å². The Morgan fingerprint density at radius 1 is 0.867 bits per heavy atom. The highest BCUT2D eigenvalue weighted by Crippen LogP contribution is 2.39. The van der Waals surface area contributed by atoms with Crippen molar-refractivity contribution in [3.63, 3.8) is 0 Å². The standard InChI is InChI=1S/C25H39F3OSi/c1-2-17-30-18-15-21(16-19-30)6-4-3-5-20-7-9-22(10-8-20)23-11-13-24(14-12-23)29-25(26,27)28/h11-14,20-22,30H,2-10,15-19H2,1H3. The maximum atomic E-state index is 12.3. The fourth-order valence-corrected chi connectivity index (χ4v) is 9.38. The Morgan fingerprint density at radius 3 is 1.97 bits per heavy atom. The summed E-state index contributed by atoms with van der Waals surface area (Å²) in [4.78, 5) is 0. The van der Waals surface area contributed by atoms with E-state index < -0.39 is 6.36 Å². The van der Waals surface area contributed by atoms with Gasteiger partial charge in [0.2, 0.25) is 0 Å². The third kappa shape index (κ3) is 7.94. The average molecular weight is 441 g/mol. The van der Waals surface area contributed by atoms with Crippen molar-refractivity contribution in [1.82, 2.24) is 0 Å². The van der Waals surface area contributed by atoms with E-state index in [9.17, 15) is 13.2 Å². The Bertz CT molecular complexity index is 600. The summed E-state index contributed by atoms with van der Waals surface area (Å²) in [6.45, 7) is 2.34. The van der Waals surface area contributed by atoms with E-state index in [1.807, 2.05) is 12.1 Å². The van der Waals surface area contributed by atoms with Gasteiger partial charge in [-0.05, 0) is 61.1 Å². The number of alkyl halides is 3. The zero-order chi connectivity index (χ0) is 21.4. The second-order valence-electron chi connectivity index (χ2n) is 9.79. The first kappa shape index (κ1) is 23.7. The van der Waals surface area contributed by atoms with E-state index >= 15 is 0 Å². The largest absolute Gasteiger partial charge is 0.573 e. The molecule has 3 rings (SSSR count). The van der Waals surface area contributed by atoms with Crippen molar-refractivity contribution < 1.29 is 17.9 Å². The van der Waals surface area contributed by atoms with Gasteiger partial charge < -0.3 is 4.74 Å². The van der Waals surface area contributed by atoms with Crippen molar-refractivity contribution in [1.29, 1.82) is 0 Å². The normalized spacial score (nSPS) is 27.7. The minimum atomic E-state index is -4.62. The second-order valence-corrected chi connectivity index (χ2v) is 13.3. The van der Waals surface area contributed by atoms with E-state index in [1.54, 1.807) is 18.1 Å². The van der Waals surface area contributed by atoms with E-state index in [2.05, 4.69) is 11.7 Å². The minimum Gasteiger partial charge on any atom is -0.406 e. The molecule has 2 aliphatic rings. The first-order chi connectivity index (χ1) is 14.4. The number of hydrogen-bond donors (Lipinski definition) is 0. The van der Waals surface area contributed by atoms with Crippen LogP contribution in [-0.2, 0) is 0 Å². The van der Waals surface area contributed by atoms with Gasteiger partial charge in [0, 0.05) is 8.80 Å². The van der Waals surface area contributed by atoms with Gasteiger partial charge in [0.25, 0.3) is 0 Å². The molecule has 1 nitrogen and oxygen atoms in total. The summed E-state index contributed by atoms with van der Waals surface area (Å²) in [5.74, 6) is 2.23. The lowest BCUT2D eigenvalue weighted by Gasteiger charge is -2.29. The molecule has 2 fully saturated rings. The molecule has 30 heavy (non-hydrogen) atoms. The van der Waals surface area contributed by atoms with Gasteiger partial charge in [0.1, 0.15) is 5.75 Å². The maximum absolute atomic E-state index is 12.3. The Kier molecular flexibility index (Phi) is 9.15. The van der Waals surface area contributed by atoms with Crippen LogP contribution in [0.4, 0.5) is 13.2 Å². The van der Waals surface area contributed by atoms with E-state index in [-0.39, 0.29) is 14.5 Å². The van der Waals surface area contributed by atoms with Crippen molar-refractivity contribution in [2.24, 2.45) is 11.8 Å². The van der Waals surface area contributed by atoms with Gasteiger partial charge in [0.05, 0.1) is 0 Å². The molecule has 1 aliphatic heterocycles. The summed E-state index contributed by atoms with van der Waals surface area (Å²) in [6, 6.07) is 11.3. The van der Waals surface area contributed by atoms with Crippen LogP contribution in [0, 0.1) is 11.8 Å². The molecule has 0 radical (unpaired) electrons. The fraction of sp³-hybridized carbons (Fsp3) is 0.760. The summed E-state index contributed by atoms with van der Waals surface area (Å²) in [7, 11) is -0.331. The molecule has 0 spiro atoms. The third-order valence-corrected chi connectivity index (χ3v) is 11.3. The maximum Gasteiger partial charge on any atom is 0.573 e. The first-order valence-corrected chi connectivity index (χ1v) is 14.7. The molecule has 0 aromatic heterocycles. The number of halogens is 3. The fourth-order valence-electron chi connectivity index (χ4n) is 5.81. The van der Waals surface area contributed by atoms with Gasteiger partial charge in [-0.3, -0.25) is 0 Å². The predicted molar refractivity (Wildman–Crippen MR) is 121 cm³/mol. The van der Waals surface area contributed by atoms with E-state index in [1.165, 1.54) is 69.9 Å². The van der Waals surface area contributed by atoms with Crippen LogP contribution in [0.3, 0.4) is 0 Å². The van der Waals surface area contributed by atoms with Gasteiger partial charge in [0.15, 0.2) is 0 Å². The highest BCUT2D eigenvalue weighted by molar-refractivity contribution is 6.58. The van der Waals surface area contributed by atoms with E-state index in [4.69, 9.17) is 0 Å². The smallest absolute Gasteiger partial charge is 0.406 e. The molecule has 1 aromatic carbocycles. The number of hydrogen-bond acceptors (Lipinski definition) is 1. The van der Waals surface area contributed by atoms with Gasteiger partial charge in [-0.15, -0.1) is 13.2 Å². The Hall–Kier alpha value is -0.973. The molecule has 1 saturated heterocycles. The summed E-state index contributed by atoms with van der Waals surface area (Å²) in [5.41, 5.74) is 1.16. The van der Waals surface area contributed by atoms with Crippen molar-refractivity contribution in [3.8, 4) is 5.75 Å². The molecular formula is C25H39F3OSi. The van der Waals surface area contributed by atoms with Crippen LogP contribution in [-0.4, -0.2) is 15.2 Å². The molecular weight excluding hydrogens is 401 g/mol. The molecule has 0 amide bonds. The molecule has 0 bridgehead atoms. The first-order valence-electron chi connectivity index (χ1n) is 12.3. The molecule has 170 valence electrons. The zero-order valence-corrected chi connectivity index (χ0v) is 19.7. The van der Waals surface area contributed by atoms with Crippen molar-refractivity contribution in [2.45, 2.75) is 108 Å². The van der Waals surface area contributed by atoms with E-state index in [0.29, 0.717) is 5.92 Å². The Labute approximate surface area is 182 Å². The SMILES string of the molecule is CCC[SiH]1CCC(CCCCC2CCC(c3ccc(OC(F)(F)F)cc3)CC2)CC1. The average Bonchev–Trinajstić information content (AvgIpc) is 2.73. The van der Waals surface area contributed by atoms with Gasteiger partial charge >= 0.3 is 6.36 Å². The van der Waals surface area contributed by atoms with Crippen LogP contribution in [0.1, 0.15) is 89.0 Å². The molecule has 0 N–H and O–H groups in total. The quantitative estimate of drug-likeness (QED) is 0.276. The number of rotatable bonds is 9. The van der Waals surface area contributed by atoms with E-state index in [0.717, 1.165) is 30.2 Å². The summed E-state index contributed by atoms with van der Waals surface area (Å²) < 4.78 is 40.9. The zero-order valence-electron chi connectivity index (χ0n) is 18.6. The molecule has 1 aliphatic carbocycles. The topological polar surface area (TPSA) is 9.23 Å². The minimum absolute atomic E-state index is 0.124. The lowest BCUT2D eigenvalue weighted by molar-refractivity contribution is -0.274. The third-order valence-electron chi connectivity index (χ3n) is 7.57. The molecule has 0 atom stereocenters. The molecule has 1 saturated carbocycles. The summed E-state index contributed by atoms with van der Waals surface area (Å²) >= 11 is 0. The van der Waals surface area contributed by atoms with Crippen LogP contribution in [0.2, 0.25) is 18.1 Å².